The van der Waals surface area contributed by atoms with E-state index in [2.05, 4.69) is 5.32 Å². The van der Waals surface area contributed by atoms with Gasteiger partial charge in [0.25, 0.3) is 0 Å². The van der Waals surface area contributed by atoms with Gasteiger partial charge in [0.1, 0.15) is 6.04 Å². The number of rotatable bonds is 5. The van der Waals surface area contributed by atoms with Gasteiger partial charge in [0.15, 0.2) is 0 Å². The third-order valence-corrected chi connectivity index (χ3v) is 3.12. The largest absolute Gasteiger partial charge is 0.388 e. The van der Waals surface area contributed by atoms with Crippen molar-refractivity contribution >= 4 is 5.91 Å². The molecule has 0 fully saturated rings. The molecular formula is C14H22N2O2. The zero-order valence-corrected chi connectivity index (χ0v) is 11.2. The van der Waals surface area contributed by atoms with Crippen LogP contribution < -0.4 is 11.1 Å². The third kappa shape index (κ3) is 4.13. The minimum absolute atomic E-state index is 0.210. The van der Waals surface area contributed by atoms with Crippen LogP contribution in [-0.4, -0.2) is 23.2 Å². The molecule has 0 spiro atoms. The Bertz CT molecular complexity index is 399. The van der Waals surface area contributed by atoms with Gasteiger partial charge in [-0.15, -0.1) is 0 Å². The first kappa shape index (κ1) is 14.7. The van der Waals surface area contributed by atoms with Gasteiger partial charge in [-0.1, -0.05) is 36.8 Å². The Morgan fingerprint density at radius 3 is 2.50 bits per heavy atom. The first-order valence-corrected chi connectivity index (χ1v) is 6.18. The van der Waals surface area contributed by atoms with Gasteiger partial charge in [-0.25, -0.2) is 0 Å². The molecule has 18 heavy (non-hydrogen) atoms. The van der Waals surface area contributed by atoms with E-state index in [-0.39, 0.29) is 12.5 Å². The van der Waals surface area contributed by atoms with E-state index in [0.717, 1.165) is 11.1 Å². The second kappa shape index (κ2) is 5.98. The van der Waals surface area contributed by atoms with Crippen LogP contribution >= 0.6 is 0 Å². The van der Waals surface area contributed by atoms with Gasteiger partial charge in [-0.3, -0.25) is 4.79 Å². The minimum Gasteiger partial charge on any atom is -0.388 e. The molecule has 1 amide bonds. The van der Waals surface area contributed by atoms with Crippen LogP contribution in [0, 0.1) is 6.92 Å². The highest BCUT2D eigenvalue weighted by Crippen LogP contribution is 2.12. The predicted octanol–water partition coefficient (Wildman–Crippen LogP) is 1.27. The second-order valence-corrected chi connectivity index (χ2v) is 4.96. The maximum Gasteiger partial charge on any atom is 0.241 e. The summed E-state index contributed by atoms with van der Waals surface area (Å²) in [6.07, 6.45) is 0.576. The topological polar surface area (TPSA) is 75.3 Å². The van der Waals surface area contributed by atoms with Crippen molar-refractivity contribution in [2.75, 3.05) is 6.54 Å². The summed E-state index contributed by atoms with van der Waals surface area (Å²) in [5.74, 6) is -0.271. The number of benzene rings is 1. The van der Waals surface area contributed by atoms with Crippen molar-refractivity contribution in [1.82, 2.24) is 5.32 Å². The van der Waals surface area contributed by atoms with Crippen molar-refractivity contribution in [1.29, 1.82) is 0 Å². The van der Waals surface area contributed by atoms with Crippen LogP contribution in [0.2, 0.25) is 0 Å². The molecule has 0 saturated heterocycles. The molecule has 0 aliphatic carbocycles. The summed E-state index contributed by atoms with van der Waals surface area (Å²) in [5.41, 5.74) is 6.88. The molecule has 1 aromatic rings. The monoisotopic (exact) mass is 250 g/mol. The zero-order valence-electron chi connectivity index (χ0n) is 11.2. The standard InChI is InChI=1S/C14H22N2O2/c1-4-14(3,18)9-16-13(17)12(15)11-7-5-10(2)6-8-11/h5-8,12,18H,4,9,15H2,1-3H3,(H,16,17). The van der Waals surface area contributed by atoms with Crippen LogP contribution in [0.3, 0.4) is 0 Å². The minimum atomic E-state index is -0.886. The highest BCUT2D eigenvalue weighted by molar-refractivity contribution is 5.82. The fourth-order valence-electron chi connectivity index (χ4n) is 1.44. The van der Waals surface area contributed by atoms with Gasteiger partial charge in [0.05, 0.1) is 5.60 Å². The number of hydrogen-bond donors (Lipinski definition) is 3. The summed E-state index contributed by atoms with van der Waals surface area (Å²) in [4.78, 5) is 11.8. The van der Waals surface area contributed by atoms with E-state index in [1.807, 2.05) is 38.1 Å². The highest BCUT2D eigenvalue weighted by Gasteiger charge is 2.21. The Kier molecular flexibility index (Phi) is 4.87. The van der Waals surface area contributed by atoms with Gasteiger partial charge >= 0.3 is 0 Å². The molecule has 0 bridgehead atoms. The summed E-state index contributed by atoms with van der Waals surface area (Å²) >= 11 is 0. The van der Waals surface area contributed by atoms with E-state index < -0.39 is 11.6 Å². The van der Waals surface area contributed by atoms with Crippen LogP contribution in [-0.2, 0) is 4.79 Å². The first-order chi connectivity index (χ1) is 8.35. The lowest BCUT2D eigenvalue weighted by molar-refractivity contribution is -0.123. The zero-order chi connectivity index (χ0) is 13.8. The van der Waals surface area contributed by atoms with E-state index in [0.29, 0.717) is 6.42 Å². The molecule has 4 nitrogen and oxygen atoms in total. The van der Waals surface area contributed by atoms with Gasteiger partial charge in [0, 0.05) is 6.54 Å². The molecule has 0 radical (unpaired) electrons. The Hall–Kier alpha value is -1.39. The summed E-state index contributed by atoms with van der Waals surface area (Å²) in [5, 5.41) is 12.5. The normalized spacial score (nSPS) is 15.8. The summed E-state index contributed by atoms with van der Waals surface area (Å²) in [6.45, 7) is 5.74. The molecule has 0 aliphatic heterocycles. The Balaban J connectivity index is 2.59. The van der Waals surface area contributed by atoms with E-state index >= 15 is 0 Å². The lowest BCUT2D eigenvalue weighted by Gasteiger charge is -2.22. The molecule has 0 saturated carbocycles. The Morgan fingerprint density at radius 2 is 2.00 bits per heavy atom. The molecule has 2 unspecified atom stereocenters. The molecule has 0 aliphatic rings. The number of nitrogens with two attached hydrogens (primary N) is 1. The van der Waals surface area contributed by atoms with Crippen molar-refractivity contribution < 1.29 is 9.90 Å². The van der Waals surface area contributed by atoms with E-state index in [1.54, 1.807) is 6.92 Å². The van der Waals surface area contributed by atoms with Crippen LogP contribution in [0.15, 0.2) is 24.3 Å². The van der Waals surface area contributed by atoms with E-state index in [9.17, 15) is 9.90 Å². The predicted molar refractivity (Wildman–Crippen MR) is 72.0 cm³/mol. The number of aliphatic hydroxyl groups is 1. The van der Waals surface area contributed by atoms with Gasteiger partial charge < -0.3 is 16.2 Å². The van der Waals surface area contributed by atoms with Crippen LogP contribution in [0.25, 0.3) is 0 Å². The molecule has 4 heteroatoms. The smallest absolute Gasteiger partial charge is 0.241 e. The molecule has 0 aromatic heterocycles. The van der Waals surface area contributed by atoms with E-state index in [1.165, 1.54) is 0 Å². The number of hydrogen-bond acceptors (Lipinski definition) is 3. The van der Waals surface area contributed by atoms with Crippen LogP contribution in [0.5, 0.6) is 0 Å². The highest BCUT2D eigenvalue weighted by atomic mass is 16.3. The quantitative estimate of drug-likeness (QED) is 0.736. The number of carbonyl (C=O) groups is 1. The van der Waals surface area contributed by atoms with Crippen molar-refractivity contribution in [3.8, 4) is 0 Å². The van der Waals surface area contributed by atoms with Gasteiger partial charge in [-0.2, -0.15) is 0 Å². The fraction of sp³-hybridized carbons (Fsp3) is 0.500. The lowest BCUT2D eigenvalue weighted by Crippen LogP contribution is -2.43. The van der Waals surface area contributed by atoms with Crippen molar-refractivity contribution in [2.24, 2.45) is 5.73 Å². The average Bonchev–Trinajstić information content (AvgIpc) is 2.36. The van der Waals surface area contributed by atoms with Crippen LogP contribution in [0.1, 0.15) is 37.4 Å². The molecule has 1 aromatic carbocycles. The first-order valence-electron chi connectivity index (χ1n) is 6.18. The van der Waals surface area contributed by atoms with Gasteiger partial charge in [0.2, 0.25) is 5.91 Å². The Labute approximate surface area is 108 Å². The van der Waals surface area contributed by atoms with Crippen LogP contribution in [0.4, 0.5) is 0 Å². The summed E-state index contributed by atoms with van der Waals surface area (Å²) < 4.78 is 0. The molecule has 2 atom stereocenters. The number of nitrogens with one attached hydrogen (secondary N) is 1. The molecule has 0 heterocycles. The number of carbonyl (C=O) groups excluding carboxylic acids is 1. The summed E-state index contributed by atoms with van der Waals surface area (Å²) in [7, 11) is 0. The molecule has 1 rings (SSSR count). The van der Waals surface area contributed by atoms with Crippen molar-refractivity contribution in [3.63, 3.8) is 0 Å². The second-order valence-electron chi connectivity index (χ2n) is 4.96. The van der Waals surface area contributed by atoms with Crippen molar-refractivity contribution in [2.45, 2.75) is 38.8 Å². The SMILES string of the molecule is CCC(C)(O)CNC(=O)C(N)c1ccc(C)cc1. The molecular weight excluding hydrogens is 228 g/mol. The third-order valence-electron chi connectivity index (χ3n) is 3.12. The molecule has 4 N–H and O–H groups in total. The van der Waals surface area contributed by atoms with Crippen molar-refractivity contribution in [3.05, 3.63) is 35.4 Å². The molecule has 100 valence electrons. The maximum atomic E-state index is 11.8. The summed E-state index contributed by atoms with van der Waals surface area (Å²) in [6, 6.07) is 6.84. The van der Waals surface area contributed by atoms with E-state index in [4.69, 9.17) is 5.73 Å². The van der Waals surface area contributed by atoms with Gasteiger partial charge in [-0.05, 0) is 25.8 Å². The maximum absolute atomic E-state index is 11.8. The lowest BCUT2D eigenvalue weighted by atomic mass is 10.0. The average molecular weight is 250 g/mol. The number of aryl methyl sites for hydroxylation is 1. The Morgan fingerprint density at radius 1 is 1.44 bits per heavy atom. The number of amides is 1. The fourth-order valence-corrected chi connectivity index (χ4v) is 1.44.